The quantitative estimate of drug-likeness (QED) is 0.922. The minimum absolute atomic E-state index is 0.0968. The summed E-state index contributed by atoms with van der Waals surface area (Å²) < 4.78 is 13.8. The standard InChI is InChI=1S/C15H18FN5OS/c1-11-18-19-15(23-11)17-14(22)10-20-6-8-21(9-7-20)13-5-3-2-4-12(13)16/h2-5H,6-10H2,1H3,(H,17,19,22). The number of para-hydroxylation sites is 1. The third-order valence-corrected chi connectivity index (χ3v) is 4.46. The van der Waals surface area contributed by atoms with Crippen LogP contribution in [0.4, 0.5) is 15.2 Å². The summed E-state index contributed by atoms with van der Waals surface area (Å²) in [6, 6.07) is 6.78. The van der Waals surface area contributed by atoms with Gasteiger partial charge in [0.15, 0.2) is 0 Å². The van der Waals surface area contributed by atoms with Crippen molar-refractivity contribution in [2.24, 2.45) is 0 Å². The van der Waals surface area contributed by atoms with Crippen molar-refractivity contribution in [3.05, 3.63) is 35.1 Å². The first kappa shape index (κ1) is 15.8. The number of aryl methyl sites for hydroxylation is 1. The van der Waals surface area contributed by atoms with Crippen molar-refractivity contribution in [3.63, 3.8) is 0 Å². The Morgan fingerprint density at radius 2 is 2.00 bits per heavy atom. The van der Waals surface area contributed by atoms with Crippen LogP contribution in [0.1, 0.15) is 5.01 Å². The number of carbonyl (C=O) groups is 1. The van der Waals surface area contributed by atoms with Crippen molar-refractivity contribution < 1.29 is 9.18 Å². The fraction of sp³-hybridized carbons (Fsp3) is 0.400. The highest BCUT2D eigenvalue weighted by molar-refractivity contribution is 7.15. The molecule has 1 saturated heterocycles. The molecule has 23 heavy (non-hydrogen) atoms. The zero-order valence-corrected chi connectivity index (χ0v) is 13.6. The van der Waals surface area contributed by atoms with Crippen LogP contribution in [0.15, 0.2) is 24.3 Å². The van der Waals surface area contributed by atoms with Crippen LogP contribution in [0.3, 0.4) is 0 Å². The molecule has 0 bridgehead atoms. The Hall–Kier alpha value is -2.06. The number of benzene rings is 1. The summed E-state index contributed by atoms with van der Waals surface area (Å²) in [6.45, 7) is 4.99. The smallest absolute Gasteiger partial charge is 0.240 e. The average Bonchev–Trinajstić information content (AvgIpc) is 2.93. The van der Waals surface area contributed by atoms with Crippen molar-refractivity contribution in [2.45, 2.75) is 6.92 Å². The van der Waals surface area contributed by atoms with Crippen molar-refractivity contribution in [2.75, 3.05) is 42.9 Å². The fourth-order valence-electron chi connectivity index (χ4n) is 2.56. The van der Waals surface area contributed by atoms with E-state index in [1.54, 1.807) is 12.1 Å². The summed E-state index contributed by atoms with van der Waals surface area (Å²) in [6.07, 6.45) is 0. The number of aromatic nitrogens is 2. The third-order valence-electron chi connectivity index (χ3n) is 3.71. The summed E-state index contributed by atoms with van der Waals surface area (Å²) in [5.74, 6) is -0.300. The molecule has 1 aliphatic rings. The second kappa shape index (κ2) is 7.01. The molecule has 0 radical (unpaired) electrons. The van der Waals surface area contributed by atoms with E-state index in [0.29, 0.717) is 30.5 Å². The molecule has 2 aromatic rings. The van der Waals surface area contributed by atoms with Gasteiger partial charge in [-0.2, -0.15) is 0 Å². The Kier molecular flexibility index (Phi) is 4.82. The number of carbonyl (C=O) groups excluding carboxylic acids is 1. The van der Waals surface area contributed by atoms with Crippen LogP contribution in [-0.2, 0) is 4.79 Å². The predicted octanol–water partition coefficient (Wildman–Crippen LogP) is 1.75. The normalized spacial score (nSPS) is 15.7. The lowest BCUT2D eigenvalue weighted by molar-refractivity contribution is -0.117. The van der Waals surface area contributed by atoms with E-state index >= 15 is 0 Å². The van der Waals surface area contributed by atoms with E-state index in [4.69, 9.17) is 0 Å². The lowest BCUT2D eigenvalue weighted by atomic mass is 10.2. The van der Waals surface area contributed by atoms with Gasteiger partial charge >= 0.3 is 0 Å². The molecule has 8 heteroatoms. The van der Waals surface area contributed by atoms with Crippen LogP contribution in [0.5, 0.6) is 0 Å². The molecule has 1 aromatic heterocycles. The Bertz CT molecular complexity index is 684. The number of halogens is 1. The highest BCUT2D eigenvalue weighted by atomic mass is 32.1. The van der Waals surface area contributed by atoms with Crippen LogP contribution in [0.25, 0.3) is 0 Å². The van der Waals surface area contributed by atoms with Crippen LogP contribution < -0.4 is 10.2 Å². The topological polar surface area (TPSA) is 61.4 Å². The predicted molar refractivity (Wildman–Crippen MR) is 88.3 cm³/mol. The summed E-state index contributed by atoms with van der Waals surface area (Å²) in [5.41, 5.74) is 0.626. The molecule has 1 amide bonds. The molecule has 0 atom stereocenters. The number of rotatable bonds is 4. The van der Waals surface area contributed by atoms with E-state index in [1.165, 1.54) is 17.4 Å². The Morgan fingerprint density at radius 1 is 1.26 bits per heavy atom. The van der Waals surface area contributed by atoms with Gasteiger partial charge in [0.2, 0.25) is 11.0 Å². The van der Waals surface area contributed by atoms with E-state index < -0.39 is 0 Å². The molecule has 2 heterocycles. The van der Waals surface area contributed by atoms with Gasteiger partial charge in [-0.15, -0.1) is 10.2 Å². The van der Waals surface area contributed by atoms with Gasteiger partial charge in [-0.05, 0) is 19.1 Å². The molecule has 1 fully saturated rings. The fourth-order valence-corrected chi connectivity index (χ4v) is 3.17. The lowest BCUT2D eigenvalue weighted by Crippen LogP contribution is -2.48. The van der Waals surface area contributed by atoms with Gasteiger partial charge < -0.3 is 4.90 Å². The van der Waals surface area contributed by atoms with E-state index in [9.17, 15) is 9.18 Å². The molecule has 0 spiro atoms. The largest absolute Gasteiger partial charge is 0.367 e. The second-order valence-corrected chi connectivity index (χ2v) is 6.57. The summed E-state index contributed by atoms with van der Waals surface area (Å²) >= 11 is 1.35. The Labute approximate surface area is 137 Å². The van der Waals surface area contributed by atoms with Crippen molar-refractivity contribution in [3.8, 4) is 0 Å². The molecule has 1 aromatic carbocycles. The van der Waals surface area contributed by atoms with Crippen molar-refractivity contribution >= 4 is 28.1 Å². The molecule has 0 unspecified atom stereocenters. The van der Waals surface area contributed by atoms with Crippen LogP contribution in [0, 0.1) is 12.7 Å². The minimum Gasteiger partial charge on any atom is -0.367 e. The minimum atomic E-state index is -0.203. The summed E-state index contributed by atoms with van der Waals surface area (Å²) in [5, 5.41) is 11.8. The molecule has 0 aliphatic carbocycles. The summed E-state index contributed by atoms with van der Waals surface area (Å²) in [4.78, 5) is 16.1. The first-order valence-electron chi connectivity index (χ1n) is 7.43. The molecule has 1 N–H and O–H groups in total. The first-order valence-corrected chi connectivity index (χ1v) is 8.25. The zero-order valence-electron chi connectivity index (χ0n) is 12.8. The van der Waals surface area contributed by atoms with Crippen molar-refractivity contribution in [1.82, 2.24) is 15.1 Å². The number of hydrogen-bond acceptors (Lipinski definition) is 6. The Balaban J connectivity index is 1.49. The molecular formula is C15H18FN5OS. The van der Waals surface area contributed by atoms with Gasteiger partial charge in [-0.25, -0.2) is 4.39 Å². The highest BCUT2D eigenvalue weighted by Crippen LogP contribution is 2.20. The van der Waals surface area contributed by atoms with E-state index in [2.05, 4.69) is 20.4 Å². The van der Waals surface area contributed by atoms with Gasteiger partial charge in [-0.1, -0.05) is 23.5 Å². The molecule has 0 saturated carbocycles. The van der Waals surface area contributed by atoms with Crippen LogP contribution >= 0.6 is 11.3 Å². The average molecular weight is 335 g/mol. The number of hydrogen-bond donors (Lipinski definition) is 1. The maximum atomic E-state index is 13.8. The maximum Gasteiger partial charge on any atom is 0.240 e. The lowest BCUT2D eigenvalue weighted by Gasteiger charge is -2.35. The number of anilines is 2. The monoisotopic (exact) mass is 335 g/mol. The van der Waals surface area contributed by atoms with Crippen LogP contribution in [-0.4, -0.2) is 53.7 Å². The van der Waals surface area contributed by atoms with Crippen molar-refractivity contribution in [1.29, 1.82) is 0 Å². The first-order chi connectivity index (χ1) is 11.1. The third kappa shape index (κ3) is 4.02. The van der Waals surface area contributed by atoms with Gasteiger partial charge in [0, 0.05) is 26.2 Å². The van der Waals surface area contributed by atoms with Gasteiger partial charge in [0.1, 0.15) is 10.8 Å². The SMILES string of the molecule is Cc1nnc(NC(=O)CN2CCN(c3ccccc3F)CC2)s1. The molecule has 6 nitrogen and oxygen atoms in total. The van der Waals surface area contributed by atoms with Crippen LogP contribution in [0.2, 0.25) is 0 Å². The van der Waals surface area contributed by atoms with E-state index in [1.807, 2.05) is 17.9 Å². The molecular weight excluding hydrogens is 317 g/mol. The van der Waals surface area contributed by atoms with E-state index in [-0.39, 0.29) is 11.7 Å². The zero-order chi connectivity index (χ0) is 16.2. The number of nitrogens with one attached hydrogen (secondary N) is 1. The Morgan fingerprint density at radius 3 is 2.65 bits per heavy atom. The molecule has 3 rings (SSSR count). The second-order valence-electron chi connectivity index (χ2n) is 5.39. The summed E-state index contributed by atoms with van der Waals surface area (Å²) in [7, 11) is 0. The number of amides is 1. The highest BCUT2D eigenvalue weighted by Gasteiger charge is 2.21. The maximum absolute atomic E-state index is 13.8. The van der Waals surface area contributed by atoms with Gasteiger partial charge in [0.05, 0.1) is 12.2 Å². The molecule has 122 valence electrons. The number of nitrogens with zero attached hydrogens (tertiary/aromatic N) is 4. The van der Waals surface area contributed by atoms with Gasteiger partial charge in [-0.3, -0.25) is 15.0 Å². The molecule has 1 aliphatic heterocycles. The van der Waals surface area contributed by atoms with E-state index in [0.717, 1.165) is 18.1 Å². The number of piperazine rings is 1. The van der Waals surface area contributed by atoms with Gasteiger partial charge in [0.25, 0.3) is 0 Å².